The highest BCUT2D eigenvalue weighted by molar-refractivity contribution is 5.97. The molecule has 2 N–H and O–H groups in total. The van der Waals surface area contributed by atoms with E-state index in [2.05, 4.69) is 18.8 Å². The Morgan fingerprint density at radius 1 is 1.44 bits per heavy atom. The van der Waals surface area contributed by atoms with E-state index in [-0.39, 0.29) is 17.7 Å². The summed E-state index contributed by atoms with van der Waals surface area (Å²) in [5, 5.41) is 23.1. The fraction of sp³-hybridized carbons (Fsp3) is 0.474. The van der Waals surface area contributed by atoms with Crippen LogP contribution in [-0.2, 0) is 4.79 Å². The number of allylic oxidation sites excluding steroid dienone is 1. The van der Waals surface area contributed by atoms with Crippen LogP contribution in [0.4, 0.5) is 11.4 Å². The number of carbonyl (C=O) groups is 2. The molecular weight excluding hydrogens is 350 g/mol. The molecule has 8 heteroatoms. The minimum Gasteiger partial charge on any atom is -0.480 e. The molecule has 1 atom stereocenters. The number of amides is 1. The molecule has 1 saturated heterocycles. The lowest BCUT2D eigenvalue weighted by atomic mass is 9.98. The molecule has 1 aromatic carbocycles. The van der Waals surface area contributed by atoms with E-state index in [1.54, 1.807) is 12.1 Å². The lowest BCUT2D eigenvalue weighted by Gasteiger charge is -2.31. The monoisotopic (exact) mass is 375 g/mol. The average molecular weight is 375 g/mol. The van der Waals surface area contributed by atoms with Gasteiger partial charge in [-0.25, -0.2) is 4.79 Å². The highest BCUT2D eigenvalue weighted by Crippen LogP contribution is 2.32. The maximum absolute atomic E-state index is 12.4. The highest BCUT2D eigenvalue weighted by atomic mass is 16.6. The van der Waals surface area contributed by atoms with Crippen LogP contribution in [0.15, 0.2) is 30.9 Å². The average Bonchev–Trinajstić information content (AvgIpc) is 2.64. The third kappa shape index (κ3) is 5.29. The Bertz CT molecular complexity index is 726. The standard InChI is InChI=1S/C19H25N3O5/c1-3-4-5-15(19(24)25)20-18(23)14-6-7-16(17(12-14)22(26)27)21-10-8-13(2)9-11-21/h3,6-7,12-13,15H,1,4-5,8-11H2,2H3,(H,20,23)(H,24,25). The van der Waals surface area contributed by atoms with Crippen molar-refractivity contribution in [2.24, 2.45) is 5.92 Å². The minimum atomic E-state index is -1.15. The van der Waals surface area contributed by atoms with Crippen molar-refractivity contribution in [2.75, 3.05) is 18.0 Å². The molecule has 8 nitrogen and oxygen atoms in total. The molecule has 1 unspecified atom stereocenters. The summed E-state index contributed by atoms with van der Waals surface area (Å²) in [6.07, 6.45) is 4.13. The number of nitro groups is 1. The third-order valence-corrected chi connectivity index (χ3v) is 4.82. The molecule has 1 amide bonds. The van der Waals surface area contributed by atoms with Crippen molar-refractivity contribution in [1.29, 1.82) is 0 Å². The normalized spacial score (nSPS) is 15.8. The fourth-order valence-electron chi connectivity index (χ4n) is 3.11. The van der Waals surface area contributed by atoms with Gasteiger partial charge in [-0.05, 0) is 43.7 Å². The first-order valence-corrected chi connectivity index (χ1v) is 9.01. The van der Waals surface area contributed by atoms with Gasteiger partial charge in [0.2, 0.25) is 0 Å². The number of nitrogens with one attached hydrogen (secondary N) is 1. The van der Waals surface area contributed by atoms with Gasteiger partial charge in [-0.3, -0.25) is 14.9 Å². The van der Waals surface area contributed by atoms with Crippen LogP contribution in [0, 0.1) is 16.0 Å². The number of rotatable bonds is 8. The van der Waals surface area contributed by atoms with E-state index in [0.717, 1.165) is 25.9 Å². The van der Waals surface area contributed by atoms with E-state index in [0.29, 0.717) is 18.0 Å². The van der Waals surface area contributed by atoms with Crippen molar-refractivity contribution in [2.45, 2.75) is 38.6 Å². The Labute approximate surface area is 158 Å². The number of nitrogens with zero attached hydrogens (tertiary/aromatic N) is 2. The summed E-state index contributed by atoms with van der Waals surface area (Å²) in [7, 11) is 0. The summed E-state index contributed by atoms with van der Waals surface area (Å²) < 4.78 is 0. The highest BCUT2D eigenvalue weighted by Gasteiger charge is 2.26. The van der Waals surface area contributed by atoms with Crippen LogP contribution in [0.3, 0.4) is 0 Å². The van der Waals surface area contributed by atoms with Gasteiger partial charge >= 0.3 is 5.97 Å². The van der Waals surface area contributed by atoms with Crippen LogP contribution in [0.5, 0.6) is 0 Å². The van der Waals surface area contributed by atoms with Crippen molar-refractivity contribution in [1.82, 2.24) is 5.32 Å². The Balaban J connectivity index is 2.21. The first kappa shape index (κ1) is 20.4. The topological polar surface area (TPSA) is 113 Å². The van der Waals surface area contributed by atoms with Gasteiger partial charge in [0, 0.05) is 24.7 Å². The number of anilines is 1. The number of carboxylic acid groups (broad SMARTS) is 1. The van der Waals surface area contributed by atoms with E-state index in [1.807, 2.05) is 4.90 Å². The fourth-order valence-corrected chi connectivity index (χ4v) is 3.11. The lowest BCUT2D eigenvalue weighted by Crippen LogP contribution is -2.40. The molecule has 0 aromatic heterocycles. The molecule has 1 aliphatic rings. The first-order chi connectivity index (χ1) is 12.8. The number of aliphatic carboxylic acids is 1. The largest absolute Gasteiger partial charge is 0.480 e. The van der Waals surface area contributed by atoms with Gasteiger partial charge in [-0.15, -0.1) is 6.58 Å². The summed E-state index contributed by atoms with van der Waals surface area (Å²) >= 11 is 0. The maximum atomic E-state index is 12.4. The molecule has 1 aliphatic heterocycles. The molecule has 0 radical (unpaired) electrons. The van der Waals surface area contributed by atoms with Gasteiger partial charge in [0.15, 0.2) is 0 Å². The Morgan fingerprint density at radius 2 is 2.11 bits per heavy atom. The Morgan fingerprint density at radius 3 is 2.67 bits per heavy atom. The van der Waals surface area contributed by atoms with E-state index in [1.165, 1.54) is 12.1 Å². The molecular formula is C19H25N3O5. The molecule has 146 valence electrons. The smallest absolute Gasteiger partial charge is 0.326 e. The van der Waals surface area contributed by atoms with Crippen LogP contribution in [0.2, 0.25) is 0 Å². The van der Waals surface area contributed by atoms with Crippen molar-refractivity contribution in [3.8, 4) is 0 Å². The van der Waals surface area contributed by atoms with Crippen molar-refractivity contribution in [3.63, 3.8) is 0 Å². The maximum Gasteiger partial charge on any atom is 0.326 e. The van der Waals surface area contributed by atoms with Gasteiger partial charge in [0.1, 0.15) is 11.7 Å². The molecule has 0 bridgehead atoms. The number of benzene rings is 1. The third-order valence-electron chi connectivity index (χ3n) is 4.82. The second-order valence-corrected chi connectivity index (χ2v) is 6.86. The molecule has 0 saturated carbocycles. The first-order valence-electron chi connectivity index (χ1n) is 9.01. The van der Waals surface area contributed by atoms with Gasteiger partial charge < -0.3 is 15.3 Å². The predicted octanol–water partition coefficient (Wildman–Crippen LogP) is 2.98. The molecule has 2 rings (SSSR count). The summed E-state index contributed by atoms with van der Waals surface area (Å²) in [5.74, 6) is -1.21. The van der Waals surface area contributed by atoms with Crippen LogP contribution >= 0.6 is 0 Å². The minimum absolute atomic E-state index is 0.0701. The van der Waals surface area contributed by atoms with Gasteiger partial charge in [-0.1, -0.05) is 13.0 Å². The summed E-state index contributed by atoms with van der Waals surface area (Å²) in [4.78, 5) is 36.6. The molecule has 0 spiro atoms. The zero-order valence-corrected chi connectivity index (χ0v) is 15.4. The van der Waals surface area contributed by atoms with E-state index >= 15 is 0 Å². The summed E-state index contributed by atoms with van der Waals surface area (Å²) in [6, 6.07) is 3.22. The summed E-state index contributed by atoms with van der Waals surface area (Å²) in [5.41, 5.74) is 0.417. The number of nitro benzene ring substituents is 1. The second kappa shape index (κ2) is 9.16. The molecule has 0 aliphatic carbocycles. The van der Waals surface area contributed by atoms with Crippen molar-refractivity contribution in [3.05, 3.63) is 46.5 Å². The van der Waals surface area contributed by atoms with Crippen LogP contribution < -0.4 is 10.2 Å². The molecule has 27 heavy (non-hydrogen) atoms. The molecule has 1 aromatic rings. The van der Waals surface area contributed by atoms with Crippen LogP contribution in [0.1, 0.15) is 43.0 Å². The van der Waals surface area contributed by atoms with Crippen LogP contribution in [0.25, 0.3) is 0 Å². The van der Waals surface area contributed by atoms with Gasteiger partial charge in [0.05, 0.1) is 4.92 Å². The number of carbonyl (C=O) groups excluding carboxylic acids is 1. The number of carboxylic acids is 1. The SMILES string of the molecule is C=CCCC(NC(=O)c1ccc(N2CCC(C)CC2)c([N+](=O)[O-])c1)C(=O)O. The predicted molar refractivity (Wildman–Crippen MR) is 102 cm³/mol. The number of piperidine rings is 1. The lowest BCUT2D eigenvalue weighted by molar-refractivity contribution is -0.384. The summed E-state index contributed by atoms with van der Waals surface area (Å²) in [6.45, 7) is 7.16. The molecule has 1 heterocycles. The zero-order valence-electron chi connectivity index (χ0n) is 15.4. The Hall–Kier alpha value is -2.90. The Kier molecular flexibility index (Phi) is 6.92. The van der Waals surface area contributed by atoms with Crippen molar-refractivity contribution >= 4 is 23.3 Å². The quantitative estimate of drug-likeness (QED) is 0.410. The number of hydrogen-bond donors (Lipinski definition) is 2. The van der Waals surface area contributed by atoms with E-state index < -0.39 is 22.8 Å². The zero-order chi connectivity index (χ0) is 20.0. The van der Waals surface area contributed by atoms with Gasteiger partial charge in [0.25, 0.3) is 11.6 Å². The van der Waals surface area contributed by atoms with Crippen molar-refractivity contribution < 1.29 is 19.6 Å². The second-order valence-electron chi connectivity index (χ2n) is 6.86. The van der Waals surface area contributed by atoms with Crippen LogP contribution in [-0.4, -0.2) is 41.0 Å². The van der Waals surface area contributed by atoms with Gasteiger partial charge in [-0.2, -0.15) is 0 Å². The molecule has 1 fully saturated rings. The number of hydrogen-bond acceptors (Lipinski definition) is 5. The van der Waals surface area contributed by atoms with E-state index in [4.69, 9.17) is 0 Å². The van der Waals surface area contributed by atoms with E-state index in [9.17, 15) is 24.8 Å².